The number of nitrogens with one attached hydrogen (secondary N) is 2. The van der Waals surface area contributed by atoms with Crippen molar-refractivity contribution in [2.24, 2.45) is 17.8 Å². The normalized spacial score (nSPS) is 22.9. The molecule has 6 N–H and O–H groups in total. The fraction of sp³-hybridized carbons (Fsp3) is 0.812. The van der Waals surface area contributed by atoms with Crippen LogP contribution in [0.15, 0.2) is 0 Å². The van der Waals surface area contributed by atoms with Gasteiger partial charge < -0.3 is 33.9 Å². The van der Waals surface area contributed by atoms with E-state index in [0.29, 0.717) is 12.5 Å². The topological polar surface area (TPSA) is 123 Å². The van der Waals surface area contributed by atoms with Crippen molar-refractivity contribution in [3.05, 3.63) is 0 Å². The highest BCUT2D eigenvalue weighted by molar-refractivity contribution is 5.85. The molecule has 2 amide bonds. The minimum absolute atomic E-state index is 0. The molecule has 0 aliphatic heterocycles. The Bertz CT molecular complexity index is 435. The Kier molecular flexibility index (Phi) is 9.92. The summed E-state index contributed by atoms with van der Waals surface area (Å²) < 4.78 is 0. The summed E-state index contributed by atoms with van der Waals surface area (Å²) in [7, 11) is 0. The van der Waals surface area contributed by atoms with Crippen LogP contribution in [-0.4, -0.2) is 41.5 Å². The van der Waals surface area contributed by atoms with E-state index in [9.17, 15) is 14.4 Å². The monoisotopic (exact) mass is 363 g/mol. The van der Waals surface area contributed by atoms with Crippen LogP contribution in [0.2, 0.25) is 0 Å². The number of halogens is 1. The second kappa shape index (κ2) is 10.5. The first-order valence-corrected chi connectivity index (χ1v) is 8.36. The second-order valence-corrected chi connectivity index (χ2v) is 6.93. The van der Waals surface area contributed by atoms with Crippen molar-refractivity contribution in [1.29, 1.82) is 0 Å². The summed E-state index contributed by atoms with van der Waals surface area (Å²) in [6, 6.07) is -1.10. The number of carboxylic acid groups (broad SMARTS) is 1. The van der Waals surface area contributed by atoms with E-state index < -0.39 is 12.0 Å². The van der Waals surface area contributed by atoms with Crippen LogP contribution >= 0.6 is 0 Å². The van der Waals surface area contributed by atoms with Gasteiger partial charge in [0.1, 0.15) is 6.04 Å². The minimum atomic E-state index is -0.993. The van der Waals surface area contributed by atoms with Gasteiger partial charge in [-0.3, -0.25) is 9.59 Å². The van der Waals surface area contributed by atoms with E-state index in [1.807, 2.05) is 0 Å². The fourth-order valence-electron chi connectivity index (χ4n) is 2.83. The van der Waals surface area contributed by atoms with Crippen molar-refractivity contribution >= 4 is 17.8 Å². The molecule has 24 heavy (non-hydrogen) atoms. The summed E-state index contributed by atoms with van der Waals surface area (Å²) in [6.07, 6.45) is 3.19. The van der Waals surface area contributed by atoms with Gasteiger partial charge in [0, 0.05) is 12.5 Å². The van der Waals surface area contributed by atoms with Gasteiger partial charge in [0.2, 0.25) is 5.91 Å². The molecule has 0 spiro atoms. The molecule has 0 unspecified atom stereocenters. The van der Waals surface area contributed by atoms with Gasteiger partial charge in [-0.05, 0) is 44.4 Å². The van der Waals surface area contributed by atoms with Crippen LogP contribution in [0.4, 0.5) is 0 Å². The summed E-state index contributed by atoms with van der Waals surface area (Å²) in [4.78, 5) is 34.9. The lowest BCUT2D eigenvalue weighted by molar-refractivity contribution is -0.398. The Morgan fingerprint density at radius 3 is 2.08 bits per heavy atom. The van der Waals surface area contributed by atoms with E-state index in [4.69, 9.17) is 5.11 Å². The molecule has 0 aromatic carbocycles. The summed E-state index contributed by atoms with van der Waals surface area (Å²) in [5.41, 5.74) is 3.68. The highest BCUT2D eigenvalue weighted by Crippen LogP contribution is 2.28. The van der Waals surface area contributed by atoms with Crippen LogP contribution < -0.4 is 28.8 Å². The number of hydrogen-bond donors (Lipinski definition) is 4. The van der Waals surface area contributed by atoms with E-state index >= 15 is 0 Å². The molecule has 0 bridgehead atoms. The Morgan fingerprint density at radius 1 is 1.12 bits per heavy atom. The lowest BCUT2D eigenvalue weighted by atomic mass is 9.81. The Balaban J connectivity index is 0.00000529. The molecule has 1 saturated carbocycles. The number of rotatable bonds is 7. The Hall–Kier alpha value is -1.34. The molecule has 1 fully saturated rings. The van der Waals surface area contributed by atoms with Gasteiger partial charge in [-0.2, -0.15) is 0 Å². The van der Waals surface area contributed by atoms with Gasteiger partial charge in [0.05, 0.1) is 0 Å². The quantitative estimate of drug-likeness (QED) is 0.379. The third-order valence-corrected chi connectivity index (χ3v) is 4.46. The Labute approximate surface area is 149 Å². The maximum Gasteiger partial charge on any atom is 0.326 e. The predicted molar refractivity (Wildman–Crippen MR) is 85.2 cm³/mol. The van der Waals surface area contributed by atoms with E-state index in [0.717, 1.165) is 25.7 Å². The predicted octanol–water partition coefficient (Wildman–Crippen LogP) is -3.23. The third kappa shape index (κ3) is 7.05. The van der Waals surface area contributed by atoms with Gasteiger partial charge in [-0.15, -0.1) is 0 Å². The lowest BCUT2D eigenvalue weighted by Gasteiger charge is -2.29. The average Bonchev–Trinajstić information content (AvgIpc) is 2.49. The van der Waals surface area contributed by atoms with E-state index in [-0.39, 0.29) is 42.1 Å². The number of carbonyl (C=O) groups excluding carboxylic acids is 2. The maximum atomic E-state index is 12.2. The van der Waals surface area contributed by atoms with Crippen LogP contribution in [0.3, 0.4) is 0 Å². The highest BCUT2D eigenvalue weighted by Gasteiger charge is 2.30. The fourth-order valence-corrected chi connectivity index (χ4v) is 2.83. The molecule has 2 atom stereocenters. The van der Waals surface area contributed by atoms with Gasteiger partial charge in [0.25, 0.3) is 5.91 Å². The number of quaternary nitrogens is 1. The molecule has 1 aliphatic carbocycles. The van der Waals surface area contributed by atoms with Crippen LogP contribution in [0, 0.1) is 17.8 Å². The zero-order valence-electron chi connectivity index (χ0n) is 14.7. The van der Waals surface area contributed by atoms with Crippen molar-refractivity contribution < 1.29 is 37.6 Å². The van der Waals surface area contributed by atoms with Gasteiger partial charge >= 0.3 is 5.97 Å². The molecule has 8 heteroatoms. The molecule has 0 saturated heterocycles. The largest absolute Gasteiger partial charge is 1.00 e. The first kappa shape index (κ1) is 22.7. The summed E-state index contributed by atoms with van der Waals surface area (Å²) >= 11 is 0. The zero-order valence-corrected chi connectivity index (χ0v) is 15.4. The van der Waals surface area contributed by atoms with Crippen LogP contribution in [0.1, 0.15) is 46.5 Å². The highest BCUT2D eigenvalue weighted by atomic mass is 35.5. The number of carboxylic acids is 1. The molecular formula is C16H30ClN3O4. The lowest BCUT2D eigenvalue weighted by Crippen LogP contribution is -3.00. The number of carbonyl (C=O) groups is 3. The number of amides is 2. The first-order chi connectivity index (χ1) is 10.7. The maximum absolute atomic E-state index is 12.2. The second-order valence-electron chi connectivity index (χ2n) is 6.93. The average molecular weight is 364 g/mol. The molecule has 1 rings (SSSR count). The standard InChI is InChI=1S/C16H29N3O4.ClH/c1-9(2)13(16(22)23)19-15(21)12-6-4-11(5-7-12)8-18-14(20)10(3)17;/h9-13H,4-8,17H2,1-3H3,(H,18,20)(H,19,21)(H,22,23);1H/t10-,11?,12?,13-;/m1./s1. The molecule has 1 aliphatic rings. The number of hydrogen-bond acceptors (Lipinski definition) is 3. The number of aliphatic carboxylic acids is 1. The summed E-state index contributed by atoms with van der Waals surface area (Å²) in [5.74, 6) is -1.11. The molecule has 7 nitrogen and oxygen atoms in total. The van der Waals surface area contributed by atoms with Crippen molar-refractivity contribution in [2.75, 3.05) is 6.54 Å². The van der Waals surface area contributed by atoms with E-state index in [1.54, 1.807) is 20.8 Å². The molecular weight excluding hydrogens is 334 g/mol. The van der Waals surface area contributed by atoms with Crippen molar-refractivity contribution in [1.82, 2.24) is 10.6 Å². The van der Waals surface area contributed by atoms with Crippen LogP contribution in [-0.2, 0) is 14.4 Å². The van der Waals surface area contributed by atoms with Crippen LogP contribution in [0.5, 0.6) is 0 Å². The Morgan fingerprint density at radius 2 is 1.67 bits per heavy atom. The molecule has 0 aromatic heterocycles. The van der Waals surface area contributed by atoms with Gasteiger partial charge in [-0.1, -0.05) is 13.8 Å². The van der Waals surface area contributed by atoms with E-state index in [2.05, 4.69) is 16.4 Å². The van der Waals surface area contributed by atoms with Crippen molar-refractivity contribution in [3.8, 4) is 0 Å². The summed E-state index contributed by atoms with van der Waals surface area (Å²) in [5, 5.41) is 14.7. The molecule has 0 heterocycles. The van der Waals surface area contributed by atoms with Gasteiger partial charge in [-0.25, -0.2) is 4.79 Å². The van der Waals surface area contributed by atoms with Gasteiger partial charge in [0.15, 0.2) is 6.04 Å². The zero-order chi connectivity index (χ0) is 17.6. The molecule has 0 aromatic rings. The third-order valence-electron chi connectivity index (χ3n) is 4.46. The molecule has 0 radical (unpaired) electrons. The smallest absolute Gasteiger partial charge is 0.326 e. The first-order valence-electron chi connectivity index (χ1n) is 8.36. The summed E-state index contributed by atoms with van der Waals surface area (Å²) in [6.45, 7) is 5.94. The van der Waals surface area contributed by atoms with Crippen molar-refractivity contribution in [2.45, 2.75) is 58.5 Å². The van der Waals surface area contributed by atoms with E-state index in [1.165, 1.54) is 0 Å². The molecule has 140 valence electrons. The van der Waals surface area contributed by atoms with Crippen molar-refractivity contribution in [3.63, 3.8) is 0 Å². The van der Waals surface area contributed by atoms with Crippen LogP contribution in [0.25, 0.3) is 0 Å². The minimum Gasteiger partial charge on any atom is -1.00 e. The SMILES string of the molecule is CC(C)[C@@H](NC(=O)C1CCC(CNC(=O)[C@@H](C)[NH3+])CC1)C(=O)O.[Cl-].